The van der Waals surface area contributed by atoms with E-state index in [9.17, 15) is 4.79 Å². The van der Waals surface area contributed by atoms with E-state index >= 15 is 0 Å². The first-order chi connectivity index (χ1) is 12.6. The molecule has 5 heteroatoms. The molecule has 1 aliphatic carbocycles. The van der Waals surface area contributed by atoms with Gasteiger partial charge in [0, 0.05) is 42.1 Å². The van der Waals surface area contributed by atoms with Gasteiger partial charge in [-0.2, -0.15) is 5.10 Å². The van der Waals surface area contributed by atoms with Crippen molar-refractivity contribution in [2.45, 2.75) is 31.7 Å². The third-order valence-corrected chi connectivity index (χ3v) is 5.32. The second kappa shape index (κ2) is 7.00. The molecule has 134 valence electrons. The second-order valence-corrected chi connectivity index (χ2v) is 7.36. The Bertz CT molecular complexity index is 942. The van der Waals surface area contributed by atoms with E-state index < -0.39 is 0 Å². The molecule has 2 heterocycles. The van der Waals surface area contributed by atoms with Crippen molar-refractivity contribution in [2.24, 2.45) is 7.05 Å². The molecule has 1 aromatic carbocycles. The zero-order valence-electron chi connectivity index (χ0n) is 15.4. The highest BCUT2D eigenvalue weighted by Crippen LogP contribution is 2.25. The SMILES string of the molecule is CN(CC(=O)Cc1cc2cc(-c3cnn(C)c3)ccc2cn1)C1CCC1. The van der Waals surface area contributed by atoms with Crippen molar-refractivity contribution in [3.05, 3.63) is 48.5 Å². The summed E-state index contributed by atoms with van der Waals surface area (Å²) in [5, 5.41) is 6.43. The number of ketones is 1. The molecule has 0 aliphatic heterocycles. The first kappa shape index (κ1) is 16.9. The van der Waals surface area contributed by atoms with Crippen LogP contribution >= 0.6 is 0 Å². The van der Waals surface area contributed by atoms with Gasteiger partial charge in [0.05, 0.1) is 19.2 Å². The Hall–Kier alpha value is -2.53. The Morgan fingerprint density at radius 2 is 2.04 bits per heavy atom. The molecule has 3 aromatic rings. The quantitative estimate of drug-likeness (QED) is 0.686. The lowest BCUT2D eigenvalue weighted by Crippen LogP contribution is -2.40. The third kappa shape index (κ3) is 3.53. The predicted molar refractivity (Wildman–Crippen MR) is 103 cm³/mol. The standard InChI is InChI=1S/C21H24N4O/c1-24(20-4-3-5-20)14-21(26)10-19-9-17-8-15(6-7-16(17)11-22-19)18-12-23-25(2)13-18/h6-9,11-13,20H,3-5,10,14H2,1-2H3. The summed E-state index contributed by atoms with van der Waals surface area (Å²) in [5.74, 6) is 0.231. The zero-order chi connectivity index (χ0) is 18.1. The normalized spacial score (nSPS) is 14.7. The molecule has 0 unspecified atom stereocenters. The number of hydrogen-bond donors (Lipinski definition) is 0. The molecular formula is C21H24N4O. The number of aromatic nitrogens is 3. The van der Waals surface area contributed by atoms with E-state index in [1.807, 2.05) is 31.7 Å². The van der Waals surface area contributed by atoms with E-state index in [1.54, 1.807) is 4.68 Å². The van der Waals surface area contributed by atoms with Crippen LogP contribution in [0.5, 0.6) is 0 Å². The summed E-state index contributed by atoms with van der Waals surface area (Å²) >= 11 is 0. The average Bonchev–Trinajstić information content (AvgIpc) is 2.98. The van der Waals surface area contributed by atoms with Crippen molar-refractivity contribution < 1.29 is 4.79 Å². The number of aryl methyl sites for hydroxylation is 1. The van der Waals surface area contributed by atoms with Crippen LogP contribution in [0.15, 0.2) is 42.9 Å². The first-order valence-electron chi connectivity index (χ1n) is 9.18. The van der Waals surface area contributed by atoms with E-state index in [-0.39, 0.29) is 5.78 Å². The van der Waals surface area contributed by atoms with E-state index in [0.29, 0.717) is 19.0 Å². The molecule has 0 radical (unpaired) electrons. The summed E-state index contributed by atoms with van der Waals surface area (Å²) in [4.78, 5) is 19.1. The van der Waals surface area contributed by atoms with Crippen LogP contribution < -0.4 is 0 Å². The maximum absolute atomic E-state index is 12.4. The monoisotopic (exact) mass is 348 g/mol. The molecule has 4 rings (SSSR count). The number of Topliss-reactive ketones (excluding diaryl/α,β-unsaturated/α-hetero) is 1. The Morgan fingerprint density at radius 3 is 2.73 bits per heavy atom. The molecule has 0 atom stereocenters. The minimum absolute atomic E-state index is 0.231. The number of likely N-dealkylation sites (N-methyl/N-ethyl adjacent to an activating group) is 1. The molecule has 1 aliphatic rings. The molecule has 0 N–H and O–H groups in total. The van der Waals surface area contributed by atoms with Gasteiger partial charge in [-0.05, 0) is 43.0 Å². The molecule has 2 aromatic heterocycles. The van der Waals surface area contributed by atoms with Gasteiger partial charge in [-0.3, -0.25) is 19.4 Å². The lowest BCUT2D eigenvalue weighted by atomic mass is 9.91. The van der Waals surface area contributed by atoms with Crippen LogP contribution in [0.1, 0.15) is 25.0 Å². The van der Waals surface area contributed by atoms with Gasteiger partial charge >= 0.3 is 0 Å². The molecule has 5 nitrogen and oxygen atoms in total. The van der Waals surface area contributed by atoms with Gasteiger partial charge < -0.3 is 0 Å². The Kier molecular flexibility index (Phi) is 4.55. The summed E-state index contributed by atoms with van der Waals surface area (Å²) in [7, 11) is 3.97. The van der Waals surface area contributed by atoms with Gasteiger partial charge in [-0.25, -0.2) is 0 Å². The summed E-state index contributed by atoms with van der Waals surface area (Å²) < 4.78 is 1.80. The van der Waals surface area contributed by atoms with Crippen molar-refractivity contribution in [1.82, 2.24) is 19.7 Å². The summed E-state index contributed by atoms with van der Waals surface area (Å²) in [6, 6.07) is 8.92. The second-order valence-electron chi connectivity index (χ2n) is 7.36. The van der Waals surface area contributed by atoms with Gasteiger partial charge in [0.2, 0.25) is 0 Å². The molecule has 0 saturated heterocycles. The Morgan fingerprint density at radius 1 is 1.19 bits per heavy atom. The molecule has 0 amide bonds. The predicted octanol–water partition coefficient (Wildman–Crippen LogP) is 3.23. The lowest BCUT2D eigenvalue weighted by Gasteiger charge is -2.34. The van der Waals surface area contributed by atoms with Crippen molar-refractivity contribution in [2.75, 3.05) is 13.6 Å². The number of nitrogens with zero attached hydrogens (tertiary/aromatic N) is 4. The molecule has 1 fully saturated rings. The van der Waals surface area contributed by atoms with Crippen molar-refractivity contribution in [3.63, 3.8) is 0 Å². The molecule has 0 bridgehead atoms. The minimum atomic E-state index is 0.231. The smallest absolute Gasteiger partial charge is 0.152 e. The molecule has 0 spiro atoms. The molecular weight excluding hydrogens is 324 g/mol. The summed E-state index contributed by atoms with van der Waals surface area (Å²) in [6.07, 6.45) is 9.84. The lowest BCUT2D eigenvalue weighted by molar-refractivity contribution is -0.120. The maximum atomic E-state index is 12.4. The van der Waals surface area contributed by atoms with E-state index in [1.165, 1.54) is 19.3 Å². The number of hydrogen-bond acceptors (Lipinski definition) is 4. The van der Waals surface area contributed by atoms with Gasteiger partial charge in [0.15, 0.2) is 5.78 Å². The Labute approximate surface area is 153 Å². The number of carbonyl (C=O) groups excluding carboxylic acids is 1. The first-order valence-corrected chi connectivity index (χ1v) is 9.18. The zero-order valence-corrected chi connectivity index (χ0v) is 15.4. The van der Waals surface area contributed by atoms with Crippen LogP contribution in [0.4, 0.5) is 0 Å². The fraction of sp³-hybridized carbons (Fsp3) is 0.381. The van der Waals surface area contributed by atoms with Crippen LogP contribution in [-0.2, 0) is 18.3 Å². The number of rotatable bonds is 6. The molecule has 1 saturated carbocycles. The van der Waals surface area contributed by atoms with Crippen molar-refractivity contribution in [3.8, 4) is 11.1 Å². The Balaban J connectivity index is 1.51. The van der Waals surface area contributed by atoms with Gasteiger partial charge in [0.1, 0.15) is 0 Å². The van der Waals surface area contributed by atoms with Gasteiger partial charge in [-0.15, -0.1) is 0 Å². The van der Waals surface area contributed by atoms with Crippen LogP contribution in [0, 0.1) is 0 Å². The maximum Gasteiger partial charge on any atom is 0.152 e. The number of fused-ring (bicyclic) bond motifs is 1. The number of pyridine rings is 1. The van der Waals surface area contributed by atoms with E-state index in [0.717, 1.165) is 27.6 Å². The highest BCUT2D eigenvalue weighted by molar-refractivity contribution is 5.88. The van der Waals surface area contributed by atoms with Crippen molar-refractivity contribution in [1.29, 1.82) is 0 Å². The topological polar surface area (TPSA) is 51.0 Å². The summed E-state index contributed by atoms with van der Waals surface area (Å²) in [5.41, 5.74) is 3.05. The average molecular weight is 348 g/mol. The van der Waals surface area contributed by atoms with Gasteiger partial charge in [-0.1, -0.05) is 18.6 Å². The molecule has 26 heavy (non-hydrogen) atoms. The van der Waals surface area contributed by atoms with Crippen LogP contribution in [-0.4, -0.2) is 45.1 Å². The summed E-state index contributed by atoms with van der Waals surface area (Å²) in [6.45, 7) is 0.514. The fourth-order valence-corrected chi connectivity index (χ4v) is 3.53. The fourth-order valence-electron chi connectivity index (χ4n) is 3.53. The largest absolute Gasteiger partial charge is 0.298 e. The minimum Gasteiger partial charge on any atom is -0.298 e. The third-order valence-electron chi connectivity index (χ3n) is 5.32. The van der Waals surface area contributed by atoms with Crippen LogP contribution in [0.25, 0.3) is 21.9 Å². The van der Waals surface area contributed by atoms with Crippen molar-refractivity contribution >= 4 is 16.6 Å². The van der Waals surface area contributed by atoms with Gasteiger partial charge in [0.25, 0.3) is 0 Å². The highest BCUT2D eigenvalue weighted by Gasteiger charge is 2.23. The van der Waals surface area contributed by atoms with E-state index in [4.69, 9.17) is 0 Å². The van der Waals surface area contributed by atoms with E-state index in [2.05, 4.69) is 40.2 Å². The highest BCUT2D eigenvalue weighted by atomic mass is 16.1. The number of benzene rings is 1. The number of carbonyl (C=O) groups is 1. The van der Waals surface area contributed by atoms with Crippen LogP contribution in [0.3, 0.4) is 0 Å². The van der Waals surface area contributed by atoms with Crippen LogP contribution in [0.2, 0.25) is 0 Å².